The van der Waals surface area contributed by atoms with Gasteiger partial charge in [0.2, 0.25) is 0 Å². The second-order valence-electron chi connectivity index (χ2n) is 7.73. The summed E-state index contributed by atoms with van der Waals surface area (Å²) in [4.78, 5) is 21.9. The number of esters is 1. The van der Waals surface area contributed by atoms with E-state index in [1.165, 1.54) is 26.4 Å². The van der Waals surface area contributed by atoms with Gasteiger partial charge >= 0.3 is 5.97 Å². The van der Waals surface area contributed by atoms with Gasteiger partial charge in [0.25, 0.3) is 0 Å². The van der Waals surface area contributed by atoms with Crippen molar-refractivity contribution >= 4 is 17.9 Å². The van der Waals surface area contributed by atoms with Crippen LogP contribution in [0.4, 0.5) is 10.1 Å². The predicted molar refractivity (Wildman–Crippen MR) is 126 cm³/mol. The smallest absolute Gasteiger partial charge is 0.340 e. The fourth-order valence-corrected chi connectivity index (χ4v) is 4.03. The number of aliphatic imine (C=N–C) groups is 1. The van der Waals surface area contributed by atoms with Crippen LogP contribution in [-0.4, -0.2) is 45.6 Å². The molecular weight excluding hydrogens is 439 g/mol. The van der Waals surface area contributed by atoms with Crippen LogP contribution in [0.1, 0.15) is 34.0 Å². The van der Waals surface area contributed by atoms with E-state index in [0.717, 1.165) is 29.8 Å². The number of hydrogen-bond donors (Lipinski definition) is 0. The van der Waals surface area contributed by atoms with Crippen LogP contribution in [0.2, 0.25) is 0 Å². The van der Waals surface area contributed by atoms with Crippen molar-refractivity contribution in [2.45, 2.75) is 18.8 Å². The van der Waals surface area contributed by atoms with Crippen molar-refractivity contribution in [1.82, 2.24) is 4.98 Å². The molecule has 2 aromatic carbocycles. The van der Waals surface area contributed by atoms with Crippen molar-refractivity contribution in [2.24, 2.45) is 4.99 Å². The number of aryl methyl sites for hydroxylation is 1. The van der Waals surface area contributed by atoms with Crippen molar-refractivity contribution in [1.29, 1.82) is 0 Å². The van der Waals surface area contributed by atoms with Crippen molar-refractivity contribution < 1.29 is 28.1 Å². The van der Waals surface area contributed by atoms with E-state index >= 15 is 0 Å². The van der Waals surface area contributed by atoms with Crippen LogP contribution in [0.3, 0.4) is 0 Å². The molecule has 1 aromatic heterocycles. The second-order valence-corrected chi connectivity index (χ2v) is 7.73. The molecule has 8 heteroatoms. The van der Waals surface area contributed by atoms with E-state index in [9.17, 15) is 9.18 Å². The number of aromatic nitrogens is 1. The largest absolute Gasteiger partial charge is 0.496 e. The first-order valence-electron chi connectivity index (χ1n) is 10.7. The summed E-state index contributed by atoms with van der Waals surface area (Å²) >= 11 is 0. The Morgan fingerprint density at radius 3 is 2.38 bits per heavy atom. The highest BCUT2D eigenvalue weighted by atomic mass is 19.1. The molecule has 0 fully saturated rings. The Bertz CT molecular complexity index is 1260. The SMILES string of the molecule is COC(=O)c1ccc(C2C=Nc3cc(OC)c(OC)cc3CC2)nc1-c1ccc(F)cc1OC. The number of hydrogen-bond acceptors (Lipinski definition) is 7. The molecule has 0 saturated heterocycles. The molecule has 1 aliphatic heterocycles. The highest BCUT2D eigenvalue weighted by molar-refractivity contribution is 5.97. The monoisotopic (exact) mass is 464 g/mol. The number of pyridine rings is 1. The minimum absolute atomic E-state index is 0.110. The second kappa shape index (κ2) is 9.91. The van der Waals surface area contributed by atoms with Crippen LogP contribution in [0.25, 0.3) is 11.3 Å². The summed E-state index contributed by atoms with van der Waals surface area (Å²) in [5.41, 5.74) is 3.70. The lowest BCUT2D eigenvalue weighted by Crippen LogP contribution is -2.10. The minimum atomic E-state index is -0.540. The zero-order valence-electron chi connectivity index (χ0n) is 19.4. The maximum Gasteiger partial charge on any atom is 0.340 e. The topological polar surface area (TPSA) is 79.2 Å². The Kier molecular flexibility index (Phi) is 6.77. The third kappa shape index (κ3) is 4.44. The van der Waals surface area contributed by atoms with Gasteiger partial charge < -0.3 is 18.9 Å². The molecule has 0 spiro atoms. The van der Waals surface area contributed by atoms with E-state index in [1.807, 2.05) is 18.3 Å². The molecule has 0 amide bonds. The van der Waals surface area contributed by atoms with Crippen LogP contribution in [-0.2, 0) is 11.2 Å². The lowest BCUT2D eigenvalue weighted by molar-refractivity contribution is 0.0601. The van der Waals surface area contributed by atoms with Gasteiger partial charge in [0, 0.05) is 35.5 Å². The summed E-state index contributed by atoms with van der Waals surface area (Å²) in [5, 5.41) is 0. The normalized spacial score (nSPS) is 14.7. The van der Waals surface area contributed by atoms with Crippen LogP contribution >= 0.6 is 0 Å². The first-order valence-corrected chi connectivity index (χ1v) is 10.7. The standard InChI is InChI=1S/C26H25FN2O5/c1-31-22-12-17(27)7-8-18(22)25-19(26(30)34-4)9-10-20(29-25)16-6-5-15-11-23(32-2)24(33-3)13-21(15)28-14-16/h7-14,16H,5-6H2,1-4H3. The van der Waals surface area contributed by atoms with Gasteiger partial charge in [0.15, 0.2) is 11.5 Å². The van der Waals surface area contributed by atoms with E-state index in [2.05, 4.69) is 4.99 Å². The zero-order valence-corrected chi connectivity index (χ0v) is 19.4. The maximum atomic E-state index is 13.8. The highest BCUT2D eigenvalue weighted by Crippen LogP contribution is 2.39. The lowest BCUT2D eigenvalue weighted by Gasteiger charge is -2.16. The molecule has 0 bridgehead atoms. The number of ether oxygens (including phenoxy) is 4. The summed E-state index contributed by atoms with van der Waals surface area (Å²) in [6.07, 6.45) is 3.34. The first-order chi connectivity index (χ1) is 16.5. The molecule has 34 heavy (non-hydrogen) atoms. The molecule has 0 radical (unpaired) electrons. The van der Waals surface area contributed by atoms with Gasteiger partial charge in [-0.05, 0) is 48.7 Å². The Labute approximate surface area is 197 Å². The molecule has 176 valence electrons. The quantitative estimate of drug-likeness (QED) is 0.471. The highest BCUT2D eigenvalue weighted by Gasteiger charge is 2.23. The van der Waals surface area contributed by atoms with Crippen molar-refractivity contribution in [3.05, 3.63) is 65.1 Å². The molecule has 0 aliphatic carbocycles. The number of halogens is 1. The Morgan fingerprint density at radius 1 is 0.941 bits per heavy atom. The molecule has 2 heterocycles. The summed E-state index contributed by atoms with van der Waals surface area (Å²) in [6, 6.07) is 11.4. The average Bonchev–Trinajstić information content (AvgIpc) is 3.08. The van der Waals surface area contributed by atoms with Crippen molar-refractivity contribution in [3.8, 4) is 28.5 Å². The van der Waals surface area contributed by atoms with E-state index < -0.39 is 11.8 Å². The number of carbonyl (C=O) groups is 1. The number of methoxy groups -OCH3 is 4. The maximum absolute atomic E-state index is 13.8. The fraction of sp³-hybridized carbons (Fsp3) is 0.269. The van der Waals surface area contributed by atoms with E-state index in [4.69, 9.17) is 23.9 Å². The fourth-order valence-electron chi connectivity index (χ4n) is 4.03. The molecular formula is C26H25FN2O5. The van der Waals surface area contributed by atoms with Crippen LogP contribution in [0.15, 0.2) is 47.5 Å². The summed E-state index contributed by atoms with van der Waals surface area (Å²) in [5.74, 6) is 0.443. The minimum Gasteiger partial charge on any atom is -0.496 e. The van der Waals surface area contributed by atoms with Crippen molar-refractivity contribution in [2.75, 3.05) is 28.4 Å². The third-order valence-corrected chi connectivity index (χ3v) is 5.82. The van der Waals surface area contributed by atoms with Crippen LogP contribution in [0.5, 0.6) is 17.2 Å². The third-order valence-electron chi connectivity index (χ3n) is 5.82. The van der Waals surface area contributed by atoms with E-state index in [1.54, 1.807) is 32.4 Å². The van der Waals surface area contributed by atoms with Gasteiger partial charge in [-0.25, -0.2) is 9.18 Å². The number of fused-ring (bicyclic) bond motifs is 1. The summed E-state index contributed by atoms with van der Waals surface area (Å²) < 4.78 is 34.9. The Hall–Kier alpha value is -3.94. The molecule has 4 rings (SSSR count). The lowest BCUT2D eigenvalue weighted by atomic mass is 9.95. The van der Waals surface area contributed by atoms with Gasteiger partial charge in [-0.2, -0.15) is 0 Å². The molecule has 1 atom stereocenters. The van der Waals surface area contributed by atoms with Crippen LogP contribution in [0, 0.1) is 5.82 Å². The molecule has 1 unspecified atom stereocenters. The Balaban J connectivity index is 1.76. The zero-order chi connectivity index (χ0) is 24.2. The van der Waals surface area contributed by atoms with Gasteiger partial charge in [-0.1, -0.05) is 0 Å². The molecule has 7 nitrogen and oxygen atoms in total. The predicted octanol–water partition coefficient (Wildman–Crippen LogP) is 5.13. The Morgan fingerprint density at radius 2 is 1.68 bits per heavy atom. The molecule has 0 N–H and O–H groups in total. The number of nitrogens with zero attached hydrogens (tertiary/aromatic N) is 2. The van der Waals surface area contributed by atoms with Gasteiger partial charge in [0.1, 0.15) is 11.6 Å². The van der Waals surface area contributed by atoms with Gasteiger partial charge in [-0.15, -0.1) is 0 Å². The van der Waals surface area contributed by atoms with Gasteiger partial charge in [0.05, 0.1) is 45.4 Å². The number of carbonyl (C=O) groups excluding carboxylic acids is 1. The van der Waals surface area contributed by atoms with Gasteiger partial charge in [-0.3, -0.25) is 9.98 Å². The van der Waals surface area contributed by atoms with Crippen LogP contribution < -0.4 is 14.2 Å². The first kappa shape index (κ1) is 23.2. The number of rotatable bonds is 6. The summed E-state index contributed by atoms with van der Waals surface area (Å²) in [6.45, 7) is 0. The van der Waals surface area contributed by atoms with E-state index in [-0.39, 0.29) is 17.2 Å². The molecule has 3 aromatic rings. The summed E-state index contributed by atoms with van der Waals surface area (Å²) in [7, 11) is 5.94. The molecule has 0 saturated carbocycles. The number of benzene rings is 2. The van der Waals surface area contributed by atoms with E-state index in [0.29, 0.717) is 22.8 Å². The average molecular weight is 464 g/mol. The molecule has 1 aliphatic rings. The van der Waals surface area contributed by atoms with Crippen molar-refractivity contribution in [3.63, 3.8) is 0 Å².